The SMILES string of the molecule is CCCCCCCCC(S)CCC(S)CCCCCCCC. The van der Waals surface area contributed by atoms with Gasteiger partial charge in [-0.05, 0) is 25.7 Å². The Balaban J connectivity index is 3.31. The summed E-state index contributed by atoms with van der Waals surface area (Å²) in [5, 5.41) is 1.20. The minimum absolute atomic E-state index is 0.602. The molecule has 0 aromatic rings. The van der Waals surface area contributed by atoms with Crippen LogP contribution in [0, 0.1) is 0 Å². The molecular weight excluding hydrogens is 304 g/mol. The van der Waals surface area contributed by atoms with Crippen LogP contribution in [0.15, 0.2) is 0 Å². The largest absolute Gasteiger partial charge is 0.176 e. The van der Waals surface area contributed by atoms with Crippen LogP contribution in [-0.2, 0) is 0 Å². The predicted octanol–water partition coefficient (Wildman–Crippen LogP) is 7.86. The van der Waals surface area contributed by atoms with E-state index in [0.29, 0.717) is 10.5 Å². The summed E-state index contributed by atoms with van der Waals surface area (Å²) in [6.07, 6.45) is 21.8. The third kappa shape index (κ3) is 17.1. The first-order valence-electron chi connectivity index (χ1n) is 10.1. The van der Waals surface area contributed by atoms with E-state index >= 15 is 0 Å². The number of unbranched alkanes of at least 4 members (excludes halogenated alkanes) is 10. The number of hydrogen-bond acceptors (Lipinski definition) is 2. The van der Waals surface area contributed by atoms with E-state index in [2.05, 4.69) is 13.8 Å². The molecule has 0 aromatic carbocycles. The number of hydrogen-bond donors (Lipinski definition) is 2. The van der Waals surface area contributed by atoms with E-state index in [1.165, 1.54) is 103 Å². The third-order valence-electron chi connectivity index (χ3n) is 4.61. The highest BCUT2D eigenvalue weighted by atomic mass is 32.1. The molecule has 22 heavy (non-hydrogen) atoms. The molecule has 2 heteroatoms. The Morgan fingerprint density at radius 1 is 0.455 bits per heavy atom. The van der Waals surface area contributed by atoms with Crippen LogP contribution in [0.5, 0.6) is 0 Å². The van der Waals surface area contributed by atoms with Crippen molar-refractivity contribution in [3.8, 4) is 0 Å². The molecule has 0 aliphatic heterocycles. The second-order valence-corrected chi connectivity index (χ2v) is 8.46. The van der Waals surface area contributed by atoms with Gasteiger partial charge in [0.2, 0.25) is 0 Å². The Labute approximate surface area is 152 Å². The van der Waals surface area contributed by atoms with E-state index in [4.69, 9.17) is 25.3 Å². The van der Waals surface area contributed by atoms with Gasteiger partial charge in [0.15, 0.2) is 0 Å². The van der Waals surface area contributed by atoms with E-state index in [0.717, 1.165) is 0 Å². The average Bonchev–Trinajstić information content (AvgIpc) is 2.52. The lowest BCUT2D eigenvalue weighted by Crippen LogP contribution is -2.05. The van der Waals surface area contributed by atoms with Gasteiger partial charge in [-0.2, -0.15) is 25.3 Å². The quantitative estimate of drug-likeness (QED) is 0.194. The standard InChI is InChI=1S/C20H42S2/c1-3-5-7-9-11-13-15-19(21)17-18-20(22)16-14-12-10-8-6-4-2/h19-22H,3-18H2,1-2H3. The van der Waals surface area contributed by atoms with Crippen LogP contribution in [-0.4, -0.2) is 10.5 Å². The fourth-order valence-corrected chi connectivity index (χ4v) is 3.66. The van der Waals surface area contributed by atoms with Crippen molar-refractivity contribution in [2.75, 3.05) is 0 Å². The van der Waals surface area contributed by atoms with Crippen LogP contribution in [0.1, 0.15) is 117 Å². The predicted molar refractivity (Wildman–Crippen MR) is 111 cm³/mol. The maximum atomic E-state index is 4.76. The molecule has 0 saturated heterocycles. The van der Waals surface area contributed by atoms with Gasteiger partial charge in [0.25, 0.3) is 0 Å². The highest BCUT2D eigenvalue weighted by Crippen LogP contribution is 2.21. The summed E-state index contributed by atoms with van der Waals surface area (Å²) < 4.78 is 0. The summed E-state index contributed by atoms with van der Waals surface area (Å²) >= 11 is 9.52. The Morgan fingerprint density at radius 3 is 1.14 bits per heavy atom. The van der Waals surface area contributed by atoms with Gasteiger partial charge in [0.05, 0.1) is 0 Å². The number of thiol groups is 2. The molecular formula is C20H42S2. The van der Waals surface area contributed by atoms with Crippen LogP contribution in [0.2, 0.25) is 0 Å². The van der Waals surface area contributed by atoms with Crippen LogP contribution in [0.3, 0.4) is 0 Å². The van der Waals surface area contributed by atoms with Gasteiger partial charge in [0, 0.05) is 10.5 Å². The Kier molecular flexibility index (Phi) is 18.6. The lowest BCUT2D eigenvalue weighted by Gasteiger charge is -2.14. The summed E-state index contributed by atoms with van der Waals surface area (Å²) in [5.41, 5.74) is 0. The Bertz CT molecular complexity index is 184. The zero-order chi connectivity index (χ0) is 16.5. The van der Waals surface area contributed by atoms with Gasteiger partial charge >= 0.3 is 0 Å². The van der Waals surface area contributed by atoms with Crippen molar-refractivity contribution in [2.24, 2.45) is 0 Å². The molecule has 0 heterocycles. The summed E-state index contributed by atoms with van der Waals surface area (Å²) in [4.78, 5) is 0. The van der Waals surface area contributed by atoms with Crippen molar-refractivity contribution >= 4 is 25.3 Å². The van der Waals surface area contributed by atoms with Crippen LogP contribution >= 0.6 is 25.3 Å². The fourth-order valence-electron chi connectivity index (χ4n) is 2.99. The van der Waals surface area contributed by atoms with Crippen LogP contribution in [0.25, 0.3) is 0 Å². The van der Waals surface area contributed by atoms with Gasteiger partial charge in [-0.1, -0.05) is 90.9 Å². The van der Waals surface area contributed by atoms with E-state index < -0.39 is 0 Å². The van der Waals surface area contributed by atoms with E-state index in [9.17, 15) is 0 Å². The minimum Gasteiger partial charge on any atom is -0.176 e. The monoisotopic (exact) mass is 346 g/mol. The van der Waals surface area contributed by atoms with Crippen molar-refractivity contribution in [1.29, 1.82) is 0 Å². The van der Waals surface area contributed by atoms with Crippen molar-refractivity contribution in [3.63, 3.8) is 0 Å². The van der Waals surface area contributed by atoms with Crippen LogP contribution < -0.4 is 0 Å². The zero-order valence-corrected chi connectivity index (χ0v) is 17.2. The molecule has 0 spiro atoms. The third-order valence-corrected chi connectivity index (χ3v) is 5.65. The second kappa shape index (κ2) is 18.0. The van der Waals surface area contributed by atoms with Crippen LogP contribution in [0.4, 0.5) is 0 Å². The molecule has 0 radical (unpaired) electrons. The van der Waals surface area contributed by atoms with E-state index in [1.807, 2.05) is 0 Å². The zero-order valence-electron chi connectivity index (χ0n) is 15.4. The molecule has 0 bridgehead atoms. The summed E-state index contributed by atoms with van der Waals surface area (Å²) in [7, 11) is 0. The first-order chi connectivity index (χ1) is 10.7. The average molecular weight is 347 g/mol. The molecule has 0 saturated carbocycles. The Morgan fingerprint density at radius 2 is 0.773 bits per heavy atom. The summed E-state index contributed by atoms with van der Waals surface area (Å²) in [6, 6.07) is 0. The van der Waals surface area contributed by atoms with Gasteiger partial charge in [0.1, 0.15) is 0 Å². The summed E-state index contributed by atoms with van der Waals surface area (Å²) in [5.74, 6) is 0. The van der Waals surface area contributed by atoms with Gasteiger partial charge in [-0.25, -0.2) is 0 Å². The number of rotatable bonds is 17. The van der Waals surface area contributed by atoms with Crippen molar-refractivity contribution in [2.45, 2.75) is 127 Å². The smallest absolute Gasteiger partial charge is 0.00172 e. The maximum Gasteiger partial charge on any atom is 0.00172 e. The normalized spacial score (nSPS) is 14.2. The highest BCUT2D eigenvalue weighted by Gasteiger charge is 2.08. The molecule has 2 atom stereocenters. The topological polar surface area (TPSA) is 0 Å². The van der Waals surface area contributed by atoms with Gasteiger partial charge in [-0.15, -0.1) is 0 Å². The molecule has 134 valence electrons. The molecule has 0 amide bonds. The molecule has 0 N–H and O–H groups in total. The van der Waals surface area contributed by atoms with E-state index in [1.54, 1.807) is 0 Å². The molecule has 0 rings (SSSR count). The molecule has 0 aromatic heterocycles. The first kappa shape index (κ1) is 22.7. The van der Waals surface area contributed by atoms with Gasteiger partial charge in [-0.3, -0.25) is 0 Å². The first-order valence-corrected chi connectivity index (χ1v) is 11.1. The molecule has 0 aliphatic carbocycles. The van der Waals surface area contributed by atoms with E-state index in [-0.39, 0.29) is 0 Å². The van der Waals surface area contributed by atoms with Crippen molar-refractivity contribution in [1.82, 2.24) is 0 Å². The maximum absolute atomic E-state index is 4.76. The molecule has 2 unspecified atom stereocenters. The Hall–Kier alpha value is 0.700. The second-order valence-electron chi connectivity index (χ2n) is 7.00. The molecule has 0 aliphatic rings. The lowest BCUT2D eigenvalue weighted by molar-refractivity contribution is 0.541. The highest BCUT2D eigenvalue weighted by molar-refractivity contribution is 7.81. The molecule has 0 fully saturated rings. The summed E-state index contributed by atoms with van der Waals surface area (Å²) in [6.45, 7) is 4.56. The van der Waals surface area contributed by atoms with Gasteiger partial charge < -0.3 is 0 Å². The minimum atomic E-state index is 0.602. The van der Waals surface area contributed by atoms with Crippen molar-refractivity contribution < 1.29 is 0 Å². The van der Waals surface area contributed by atoms with Crippen molar-refractivity contribution in [3.05, 3.63) is 0 Å². The lowest BCUT2D eigenvalue weighted by atomic mass is 10.0. The molecule has 0 nitrogen and oxygen atoms in total. The fraction of sp³-hybridized carbons (Fsp3) is 1.00.